The molecule has 0 radical (unpaired) electrons. The van der Waals surface area contributed by atoms with E-state index in [1.807, 2.05) is 0 Å². The molecule has 0 amide bonds. The maximum atomic E-state index is 8.56. The van der Waals surface area contributed by atoms with Crippen molar-refractivity contribution >= 4 is 6.16 Å². The van der Waals surface area contributed by atoms with Crippen molar-refractivity contribution in [3.05, 3.63) is 24.3 Å². The van der Waals surface area contributed by atoms with E-state index >= 15 is 0 Å². The molecule has 0 saturated heterocycles. The standard InChI is InChI=1S/C6H8.CH2O3/c1-2-4-6-5-3-1;2-1(3)4/h1-2,5-6H,3-4H2;(H2,2,3,4). The molecule has 0 unspecified atom stereocenters. The molecule has 2 N–H and O–H groups in total. The number of carboxylic acid groups (broad SMARTS) is 2. The van der Waals surface area contributed by atoms with Gasteiger partial charge in [-0.1, -0.05) is 24.3 Å². The van der Waals surface area contributed by atoms with Crippen molar-refractivity contribution in [3.8, 4) is 0 Å². The van der Waals surface area contributed by atoms with E-state index in [0.717, 1.165) is 12.8 Å². The minimum Gasteiger partial charge on any atom is -0.450 e. The predicted octanol–water partition coefficient (Wildman–Crippen LogP) is 2.11. The summed E-state index contributed by atoms with van der Waals surface area (Å²) in [6.45, 7) is 0. The van der Waals surface area contributed by atoms with Crippen LogP contribution in [0.4, 0.5) is 4.79 Å². The Morgan fingerprint density at radius 3 is 1.30 bits per heavy atom. The summed E-state index contributed by atoms with van der Waals surface area (Å²) in [6.07, 6.45) is 9.17. The van der Waals surface area contributed by atoms with E-state index in [1.165, 1.54) is 0 Å². The van der Waals surface area contributed by atoms with Gasteiger partial charge >= 0.3 is 6.16 Å². The molecule has 1 rings (SSSR count). The van der Waals surface area contributed by atoms with Gasteiger partial charge in [0.15, 0.2) is 0 Å². The fourth-order valence-electron chi connectivity index (χ4n) is 0.542. The number of allylic oxidation sites excluding steroid dienone is 4. The first-order valence-corrected chi connectivity index (χ1v) is 2.95. The Bertz CT molecular complexity index is 123. The third-order valence-electron chi connectivity index (χ3n) is 0.878. The van der Waals surface area contributed by atoms with Crippen LogP contribution in [0.5, 0.6) is 0 Å². The van der Waals surface area contributed by atoms with E-state index in [9.17, 15) is 0 Å². The van der Waals surface area contributed by atoms with E-state index in [-0.39, 0.29) is 0 Å². The Morgan fingerprint density at radius 1 is 1.00 bits per heavy atom. The number of hydrogen-bond acceptors (Lipinski definition) is 1. The molecule has 1 aliphatic rings. The first kappa shape index (κ1) is 8.75. The van der Waals surface area contributed by atoms with Crippen LogP contribution >= 0.6 is 0 Å². The van der Waals surface area contributed by atoms with E-state index in [2.05, 4.69) is 24.3 Å². The molecule has 0 aromatic carbocycles. The van der Waals surface area contributed by atoms with E-state index in [0.29, 0.717) is 0 Å². The molecule has 0 atom stereocenters. The SMILES string of the molecule is C1=CCC=CC1.O=C(O)O. The van der Waals surface area contributed by atoms with Gasteiger partial charge in [-0.05, 0) is 12.8 Å². The van der Waals surface area contributed by atoms with Gasteiger partial charge < -0.3 is 10.2 Å². The van der Waals surface area contributed by atoms with Crippen molar-refractivity contribution in [1.82, 2.24) is 0 Å². The Balaban J connectivity index is 0.000000180. The molecule has 3 nitrogen and oxygen atoms in total. The van der Waals surface area contributed by atoms with Gasteiger partial charge in [-0.15, -0.1) is 0 Å². The lowest BCUT2D eigenvalue weighted by molar-refractivity contribution is 0.137. The summed E-state index contributed by atoms with van der Waals surface area (Å²) in [5.41, 5.74) is 0. The van der Waals surface area contributed by atoms with Gasteiger partial charge in [0.05, 0.1) is 0 Å². The van der Waals surface area contributed by atoms with Gasteiger partial charge in [-0.2, -0.15) is 0 Å². The van der Waals surface area contributed by atoms with Crippen LogP contribution in [-0.2, 0) is 0 Å². The van der Waals surface area contributed by atoms with E-state index in [4.69, 9.17) is 15.0 Å². The molecule has 1 aliphatic carbocycles. The van der Waals surface area contributed by atoms with Crippen molar-refractivity contribution in [2.24, 2.45) is 0 Å². The van der Waals surface area contributed by atoms with Crippen LogP contribution in [0.1, 0.15) is 12.8 Å². The highest BCUT2D eigenvalue weighted by molar-refractivity contribution is 5.53. The molecule has 56 valence electrons. The monoisotopic (exact) mass is 142 g/mol. The van der Waals surface area contributed by atoms with Crippen LogP contribution < -0.4 is 0 Å². The Labute approximate surface area is 59.3 Å². The van der Waals surface area contributed by atoms with Crippen molar-refractivity contribution in [1.29, 1.82) is 0 Å². The van der Waals surface area contributed by atoms with Gasteiger partial charge in [0, 0.05) is 0 Å². The lowest BCUT2D eigenvalue weighted by Gasteiger charge is -1.87. The Kier molecular flexibility index (Phi) is 5.14. The maximum Gasteiger partial charge on any atom is 0.503 e. The van der Waals surface area contributed by atoms with Crippen LogP contribution in [0.3, 0.4) is 0 Å². The maximum absolute atomic E-state index is 8.56. The smallest absolute Gasteiger partial charge is 0.450 e. The fourth-order valence-corrected chi connectivity index (χ4v) is 0.542. The predicted molar refractivity (Wildman–Crippen MR) is 38.2 cm³/mol. The second-order valence-corrected chi connectivity index (χ2v) is 1.70. The summed E-state index contributed by atoms with van der Waals surface area (Å²) < 4.78 is 0. The van der Waals surface area contributed by atoms with Crippen molar-refractivity contribution in [2.75, 3.05) is 0 Å². The lowest BCUT2D eigenvalue weighted by Crippen LogP contribution is -1.81. The normalized spacial score (nSPS) is 13.6. The van der Waals surface area contributed by atoms with Crippen molar-refractivity contribution < 1.29 is 15.0 Å². The lowest BCUT2D eigenvalue weighted by atomic mass is 10.2. The zero-order valence-corrected chi connectivity index (χ0v) is 5.53. The van der Waals surface area contributed by atoms with Gasteiger partial charge in [0.25, 0.3) is 0 Å². The summed E-state index contributed by atoms with van der Waals surface area (Å²) in [5, 5.41) is 13.9. The molecule has 0 aliphatic heterocycles. The second-order valence-electron chi connectivity index (χ2n) is 1.70. The fraction of sp³-hybridized carbons (Fsp3) is 0.286. The van der Waals surface area contributed by atoms with E-state index in [1.54, 1.807) is 0 Å². The second kappa shape index (κ2) is 5.88. The first-order chi connectivity index (χ1) is 4.73. The first-order valence-electron chi connectivity index (χ1n) is 2.95. The molecule has 0 aromatic rings. The molecule has 0 bridgehead atoms. The van der Waals surface area contributed by atoms with Crippen LogP contribution in [0, 0.1) is 0 Å². The number of carbonyl (C=O) groups is 1. The minimum atomic E-state index is -1.83. The molecule has 3 heteroatoms. The van der Waals surface area contributed by atoms with Gasteiger partial charge in [-0.3, -0.25) is 0 Å². The Morgan fingerprint density at radius 2 is 1.20 bits per heavy atom. The third kappa shape index (κ3) is 9.89. The molecule has 0 aromatic heterocycles. The van der Waals surface area contributed by atoms with Crippen LogP contribution in [-0.4, -0.2) is 16.4 Å². The van der Waals surface area contributed by atoms with Crippen LogP contribution in [0.15, 0.2) is 24.3 Å². The molecule has 0 heterocycles. The number of hydrogen-bond donors (Lipinski definition) is 2. The highest BCUT2D eigenvalue weighted by Gasteiger charge is 1.76. The summed E-state index contributed by atoms with van der Waals surface area (Å²) in [7, 11) is 0. The quantitative estimate of drug-likeness (QED) is 0.509. The van der Waals surface area contributed by atoms with Crippen LogP contribution in [0.2, 0.25) is 0 Å². The van der Waals surface area contributed by atoms with Gasteiger partial charge in [0.1, 0.15) is 0 Å². The summed E-state index contributed by atoms with van der Waals surface area (Å²) >= 11 is 0. The largest absolute Gasteiger partial charge is 0.503 e. The summed E-state index contributed by atoms with van der Waals surface area (Å²) in [6, 6.07) is 0. The molecule has 0 fully saturated rings. The molecule has 0 spiro atoms. The zero-order chi connectivity index (χ0) is 7.82. The van der Waals surface area contributed by atoms with Crippen molar-refractivity contribution in [3.63, 3.8) is 0 Å². The minimum absolute atomic E-state index is 1.14. The molecular weight excluding hydrogens is 132 g/mol. The molecule has 10 heavy (non-hydrogen) atoms. The number of rotatable bonds is 0. The van der Waals surface area contributed by atoms with E-state index < -0.39 is 6.16 Å². The average molecular weight is 142 g/mol. The summed E-state index contributed by atoms with van der Waals surface area (Å²) in [5.74, 6) is 0. The highest BCUT2D eigenvalue weighted by Crippen LogP contribution is 1.97. The molecular formula is C7H10O3. The third-order valence-corrected chi connectivity index (χ3v) is 0.878. The van der Waals surface area contributed by atoms with Crippen LogP contribution in [0.25, 0.3) is 0 Å². The summed E-state index contributed by atoms with van der Waals surface area (Å²) in [4.78, 5) is 8.56. The highest BCUT2D eigenvalue weighted by atomic mass is 16.6. The average Bonchev–Trinajstić information content (AvgIpc) is 1.90. The van der Waals surface area contributed by atoms with Crippen molar-refractivity contribution in [2.45, 2.75) is 12.8 Å². The topological polar surface area (TPSA) is 57.5 Å². The zero-order valence-electron chi connectivity index (χ0n) is 5.53. The Hall–Kier alpha value is -1.25. The van der Waals surface area contributed by atoms with Gasteiger partial charge in [0.2, 0.25) is 0 Å². The van der Waals surface area contributed by atoms with Gasteiger partial charge in [-0.25, -0.2) is 4.79 Å². The molecule has 0 saturated carbocycles.